The monoisotopic (exact) mass is 540 g/mol. The molecule has 3 aliphatic rings. The molecule has 0 amide bonds. The molecule has 10 atom stereocenters. The minimum Gasteiger partial charge on any atom is -0.472 e. The number of aldehydes is 1. The van der Waals surface area contributed by atoms with Crippen LogP contribution in [0.1, 0.15) is 40.0 Å². The van der Waals surface area contributed by atoms with E-state index in [1.807, 2.05) is 19.9 Å². The molecule has 1 saturated heterocycles. The second kappa shape index (κ2) is 13.9. The average molecular weight is 541 g/mol. The molecule has 11 nitrogen and oxygen atoms in total. The lowest BCUT2D eigenvalue weighted by molar-refractivity contribution is -0.342. The fourth-order valence-electron chi connectivity index (χ4n) is 5.36. The Labute approximate surface area is 222 Å². The Hall–Kier alpha value is -1.96. The van der Waals surface area contributed by atoms with Gasteiger partial charge in [-0.25, -0.2) is 0 Å². The first kappa shape index (κ1) is 30.6. The highest BCUT2D eigenvalue weighted by atomic mass is 16.8. The highest BCUT2D eigenvalue weighted by Crippen LogP contribution is 2.48. The molecule has 5 N–H and O–H groups in total. The number of carbonyl (C=O) groups is 2. The highest BCUT2D eigenvalue weighted by molar-refractivity contribution is 5.95. The summed E-state index contributed by atoms with van der Waals surface area (Å²) in [6.45, 7) is 4.83. The summed E-state index contributed by atoms with van der Waals surface area (Å²) in [7, 11) is 0. The van der Waals surface area contributed by atoms with Gasteiger partial charge in [0.2, 0.25) is 6.29 Å². The van der Waals surface area contributed by atoms with Crippen LogP contribution >= 0.6 is 0 Å². The number of Topliss-reactive ketones (excluding diaryl/α,β-unsaturated/α-hetero) is 1. The summed E-state index contributed by atoms with van der Waals surface area (Å²) < 4.78 is 23.0. The van der Waals surface area contributed by atoms with E-state index in [-0.39, 0.29) is 30.8 Å². The fourth-order valence-corrected chi connectivity index (χ4v) is 5.36. The molecular weight excluding hydrogens is 500 g/mol. The van der Waals surface area contributed by atoms with Crippen LogP contribution in [0, 0.1) is 17.8 Å². The van der Waals surface area contributed by atoms with Gasteiger partial charge in [0.15, 0.2) is 12.1 Å². The Morgan fingerprint density at radius 2 is 1.84 bits per heavy atom. The molecule has 1 aliphatic carbocycles. The first-order valence-corrected chi connectivity index (χ1v) is 13.0. The molecule has 0 radical (unpaired) electrons. The van der Waals surface area contributed by atoms with Crippen LogP contribution in [0.3, 0.4) is 0 Å². The zero-order valence-corrected chi connectivity index (χ0v) is 22.0. The van der Waals surface area contributed by atoms with E-state index in [4.69, 9.17) is 24.1 Å². The number of fused-ring (bicyclic) bond motifs is 1. The summed E-state index contributed by atoms with van der Waals surface area (Å²) >= 11 is 0. The molecule has 0 aromatic heterocycles. The summed E-state index contributed by atoms with van der Waals surface area (Å²) in [5, 5.41) is 48.9. The maximum absolute atomic E-state index is 12.7. The van der Waals surface area contributed by atoms with E-state index >= 15 is 0 Å². The predicted octanol–water partition coefficient (Wildman–Crippen LogP) is 0.134. The lowest BCUT2D eigenvalue weighted by atomic mass is 9.83. The van der Waals surface area contributed by atoms with Gasteiger partial charge in [-0.3, -0.25) is 9.59 Å². The molecule has 3 rings (SSSR count). The van der Waals surface area contributed by atoms with Crippen molar-refractivity contribution < 1.29 is 54.1 Å². The second-order valence-electron chi connectivity index (χ2n) is 10.3. The third kappa shape index (κ3) is 6.97. The number of allylic oxidation sites excluding steroid dienone is 2. The number of hydrogen-bond donors (Lipinski definition) is 5. The molecule has 214 valence electrons. The van der Waals surface area contributed by atoms with Crippen molar-refractivity contribution in [3.05, 3.63) is 35.1 Å². The van der Waals surface area contributed by atoms with Gasteiger partial charge in [0, 0.05) is 17.4 Å². The highest BCUT2D eigenvalue weighted by Gasteiger charge is 2.53. The first-order chi connectivity index (χ1) is 18.1. The van der Waals surface area contributed by atoms with Crippen LogP contribution in [0.25, 0.3) is 0 Å². The number of aliphatic hydroxyl groups excluding tert-OH is 5. The van der Waals surface area contributed by atoms with Crippen LogP contribution in [0.2, 0.25) is 0 Å². The molecule has 0 spiro atoms. The Kier molecular flexibility index (Phi) is 11.2. The Morgan fingerprint density at radius 1 is 1.11 bits per heavy atom. The van der Waals surface area contributed by atoms with E-state index in [0.717, 1.165) is 12.0 Å². The van der Waals surface area contributed by atoms with Crippen molar-refractivity contribution in [1.82, 2.24) is 0 Å². The summed E-state index contributed by atoms with van der Waals surface area (Å²) in [6, 6.07) is 0. The van der Waals surface area contributed by atoms with Crippen molar-refractivity contribution in [3.8, 4) is 0 Å². The molecule has 0 unspecified atom stereocenters. The van der Waals surface area contributed by atoms with Crippen molar-refractivity contribution in [3.63, 3.8) is 0 Å². The van der Waals surface area contributed by atoms with Crippen molar-refractivity contribution in [2.45, 2.75) is 83.1 Å². The van der Waals surface area contributed by atoms with Gasteiger partial charge in [-0.05, 0) is 44.6 Å². The third-order valence-electron chi connectivity index (χ3n) is 7.66. The maximum Gasteiger partial charge on any atom is 0.205 e. The molecule has 38 heavy (non-hydrogen) atoms. The Morgan fingerprint density at radius 3 is 2.50 bits per heavy atom. The van der Waals surface area contributed by atoms with Crippen molar-refractivity contribution in [2.75, 3.05) is 19.8 Å². The lowest BCUT2D eigenvalue weighted by Crippen LogP contribution is -2.60. The Bertz CT molecular complexity index is 911. The minimum absolute atomic E-state index is 0.0139. The molecule has 0 aromatic carbocycles. The van der Waals surface area contributed by atoms with E-state index in [1.165, 1.54) is 6.26 Å². The summed E-state index contributed by atoms with van der Waals surface area (Å²) in [6.07, 6.45) is -1.20. The molecule has 2 heterocycles. The van der Waals surface area contributed by atoms with Gasteiger partial charge in [-0.1, -0.05) is 24.6 Å². The topological polar surface area (TPSA) is 172 Å². The van der Waals surface area contributed by atoms with Crippen LogP contribution < -0.4 is 0 Å². The number of ketones is 1. The Balaban J connectivity index is 1.65. The number of aliphatic hydroxyl groups is 5. The average Bonchev–Trinajstić information content (AvgIpc) is 3.24. The number of rotatable bonds is 12. The predicted molar refractivity (Wildman–Crippen MR) is 133 cm³/mol. The standard InChI is InChI=1S/C27H40O11/c1-14(7-8-28)5-4-6-15(2)18(31)13-35-19-9-16(3)21-22(19)17(10-29)12-36-26(21)38-27-25(34)24(33)23(32)20(11-30)37-27/h6-7,10,12,16,19-28,30,32-34H,4-5,8-9,11,13H2,1-3H3/b14-7+,15-6+/t16-,19-,20-,21-,22+,23-,24+,25-,26+,27+/m1/s1. The van der Waals surface area contributed by atoms with Gasteiger partial charge in [0.25, 0.3) is 0 Å². The number of carbonyl (C=O) groups excluding carboxylic acids is 2. The van der Waals surface area contributed by atoms with Crippen molar-refractivity contribution in [2.24, 2.45) is 17.8 Å². The van der Waals surface area contributed by atoms with Crippen LogP contribution in [-0.2, 0) is 28.5 Å². The minimum atomic E-state index is -1.60. The van der Waals surface area contributed by atoms with Crippen LogP contribution in [0.15, 0.2) is 35.1 Å². The zero-order valence-electron chi connectivity index (χ0n) is 22.0. The van der Waals surface area contributed by atoms with Crippen LogP contribution in [0.4, 0.5) is 0 Å². The summed E-state index contributed by atoms with van der Waals surface area (Å²) in [5.74, 6) is -1.04. The molecule has 11 heteroatoms. The summed E-state index contributed by atoms with van der Waals surface area (Å²) in [5.41, 5.74) is 1.98. The fraction of sp³-hybridized carbons (Fsp3) is 0.704. The van der Waals surface area contributed by atoms with E-state index in [1.54, 1.807) is 13.0 Å². The third-order valence-corrected chi connectivity index (χ3v) is 7.66. The maximum atomic E-state index is 12.7. The SMILES string of the molecule is C/C(=C\CO)CC/C=C(\C)C(=O)CO[C@@H]1C[C@@H](C)[C@H]2[C@H](O[C@@H]3O[C@H](CO)[C@@H](O)[C@H](O)[C@H]3O)OC=C(C=O)[C@H]21. The van der Waals surface area contributed by atoms with E-state index < -0.39 is 55.6 Å². The normalized spacial score (nSPS) is 37.8. The number of ether oxygens (including phenoxy) is 4. The molecule has 2 fully saturated rings. The molecule has 0 aromatic rings. The van der Waals surface area contributed by atoms with Gasteiger partial charge < -0.3 is 44.5 Å². The smallest absolute Gasteiger partial charge is 0.205 e. The van der Waals surface area contributed by atoms with Gasteiger partial charge >= 0.3 is 0 Å². The second-order valence-corrected chi connectivity index (χ2v) is 10.3. The van der Waals surface area contributed by atoms with Crippen molar-refractivity contribution >= 4 is 12.1 Å². The van der Waals surface area contributed by atoms with E-state index in [9.17, 15) is 30.0 Å². The van der Waals surface area contributed by atoms with Gasteiger partial charge in [-0.2, -0.15) is 0 Å². The molecule has 1 saturated carbocycles. The zero-order chi connectivity index (χ0) is 28.0. The molecule has 0 bridgehead atoms. The van der Waals surface area contributed by atoms with Gasteiger partial charge in [0.1, 0.15) is 37.3 Å². The van der Waals surface area contributed by atoms with Gasteiger partial charge in [-0.15, -0.1) is 0 Å². The van der Waals surface area contributed by atoms with Crippen molar-refractivity contribution in [1.29, 1.82) is 0 Å². The quantitative estimate of drug-likeness (QED) is 0.129. The van der Waals surface area contributed by atoms with E-state index in [0.29, 0.717) is 30.3 Å². The van der Waals surface area contributed by atoms with Crippen LogP contribution in [0.5, 0.6) is 0 Å². The number of hydrogen-bond acceptors (Lipinski definition) is 11. The largest absolute Gasteiger partial charge is 0.472 e. The lowest BCUT2D eigenvalue weighted by Gasteiger charge is -2.43. The van der Waals surface area contributed by atoms with E-state index in [2.05, 4.69) is 0 Å². The first-order valence-electron chi connectivity index (χ1n) is 13.0. The summed E-state index contributed by atoms with van der Waals surface area (Å²) in [4.78, 5) is 24.5. The van der Waals surface area contributed by atoms with Crippen LogP contribution in [-0.4, -0.2) is 101 Å². The molecular formula is C27H40O11. The van der Waals surface area contributed by atoms with Gasteiger partial charge in [0.05, 0.1) is 25.6 Å². The molecule has 2 aliphatic heterocycles.